The van der Waals surface area contributed by atoms with E-state index in [9.17, 15) is 4.79 Å². The lowest BCUT2D eigenvalue weighted by atomic mass is 10.1. The first-order valence-corrected chi connectivity index (χ1v) is 7.11. The highest BCUT2D eigenvalue weighted by Gasteiger charge is 2.29. The van der Waals surface area contributed by atoms with E-state index in [1.54, 1.807) is 18.2 Å². The molecule has 1 fully saturated rings. The Bertz CT molecular complexity index is 499. The van der Waals surface area contributed by atoms with Crippen LogP contribution in [0.4, 0.5) is 4.79 Å². The first-order valence-electron chi connectivity index (χ1n) is 7.11. The van der Waals surface area contributed by atoms with Gasteiger partial charge in [-0.1, -0.05) is 0 Å². The normalized spacial score (nSPS) is 19.2. The molecule has 1 unspecified atom stereocenters. The number of nitrogens with one attached hydrogen (secondary N) is 1. The van der Waals surface area contributed by atoms with E-state index < -0.39 is 5.60 Å². The van der Waals surface area contributed by atoms with E-state index in [0.29, 0.717) is 19.6 Å². The van der Waals surface area contributed by atoms with Crippen molar-refractivity contribution in [1.82, 2.24) is 15.2 Å². The second kappa shape index (κ2) is 6.30. The molecular weight excluding hydrogens is 270 g/mol. The highest BCUT2D eigenvalue weighted by molar-refractivity contribution is 5.68. The van der Waals surface area contributed by atoms with Crippen molar-refractivity contribution in [3.63, 3.8) is 0 Å². The Morgan fingerprint density at radius 2 is 2.24 bits per heavy atom. The zero-order valence-corrected chi connectivity index (χ0v) is 13.0. The Balaban J connectivity index is 2.09. The highest BCUT2D eigenvalue weighted by atomic mass is 16.6. The molecule has 0 radical (unpaired) electrons. The number of hydrogen-bond acceptors (Lipinski definition) is 5. The summed E-state index contributed by atoms with van der Waals surface area (Å²) < 4.78 is 10.8. The predicted molar refractivity (Wildman–Crippen MR) is 79.3 cm³/mol. The fourth-order valence-electron chi connectivity index (χ4n) is 2.26. The Labute approximate surface area is 125 Å². The second-order valence-electron chi connectivity index (χ2n) is 6.02. The molecule has 1 amide bonds. The van der Waals surface area contributed by atoms with Gasteiger partial charge in [-0.2, -0.15) is 0 Å². The molecule has 0 saturated carbocycles. The average Bonchev–Trinajstić information content (AvgIpc) is 2.45. The zero-order chi connectivity index (χ0) is 15.5. The molecule has 1 aliphatic heterocycles. The van der Waals surface area contributed by atoms with E-state index in [-0.39, 0.29) is 12.1 Å². The minimum atomic E-state index is -0.486. The number of rotatable bonds is 2. The lowest BCUT2D eigenvalue weighted by Gasteiger charge is -2.34. The van der Waals surface area contributed by atoms with E-state index in [0.717, 1.165) is 11.4 Å². The fraction of sp³-hybridized carbons (Fsp3) is 0.600. The molecule has 6 heteroatoms. The monoisotopic (exact) mass is 293 g/mol. The van der Waals surface area contributed by atoms with Crippen molar-refractivity contribution < 1.29 is 14.3 Å². The van der Waals surface area contributed by atoms with Gasteiger partial charge in [-0.3, -0.25) is 4.98 Å². The Morgan fingerprint density at radius 1 is 1.48 bits per heavy atom. The van der Waals surface area contributed by atoms with E-state index >= 15 is 0 Å². The minimum absolute atomic E-state index is 0.0533. The van der Waals surface area contributed by atoms with Crippen LogP contribution in [-0.4, -0.2) is 48.3 Å². The van der Waals surface area contributed by atoms with Crippen LogP contribution in [0.15, 0.2) is 18.3 Å². The first-order chi connectivity index (χ1) is 9.90. The Morgan fingerprint density at radius 3 is 2.90 bits per heavy atom. The number of amides is 1. The molecule has 116 valence electrons. The molecule has 1 aliphatic rings. The molecule has 0 bridgehead atoms. The van der Waals surface area contributed by atoms with Crippen LogP contribution < -0.4 is 10.1 Å². The van der Waals surface area contributed by atoms with Crippen molar-refractivity contribution in [2.45, 2.75) is 32.4 Å². The molecule has 1 saturated heterocycles. The smallest absolute Gasteiger partial charge is 0.410 e. The van der Waals surface area contributed by atoms with Gasteiger partial charge in [0.25, 0.3) is 0 Å². The summed E-state index contributed by atoms with van der Waals surface area (Å²) in [6, 6.07) is 3.65. The number of nitrogens with zero attached hydrogens (tertiary/aromatic N) is 2. The molecule has 1 atom stereocenters. The van der Waals surface area contributed by atoms with Gasteiger partial charge in [0.1, 0.15) is 17.0 Å². The summed E-state index contributed by atoms with van der Waals surface area (Å²) in [5, 5.41) is 3.37. The molecular formula is C15H23N3O3. The van der Waals surface area contributed by atoms with Crippen LogP contribution in [0.5, 0.6) is 5.75 Å². The van der Waals surface area contributed by atoms with E-state index in [1.165, 1.54) is 0 Å². The summed E-state index contributed by atoms with van der Waals surface area (Å²) in [5.41, 5.74) is 0.327. The molecule has 0 aromatic carbocycles. The largest absolute Gasteiger partial charge is 0.495 e. The van der Waals surface area contributed by atoms with Gasteiger partial charge in [0.05, 0.1) is 13.2 Å². The second-order valence-corrected chi connectivity index (χ2v) is 6.02. The molecule has 0 aliphatic carbocycles. The fourth-order valence-corrected chi connectivity index (χ4v) is 2.26. The van der Waals surface area contributed by atoms with Gasteiger partial charge in [0, 0.05) is 25.8 Å². The van der Waals surface area contributed by atoms with Gasteiger partial charge in [0.2, 0.25) is 0 Å². The number of piperazine rings is 1. The Kier molecular flexibility index (Phi) is 4.67. The van der Waals surface area contributed by atoms with Crippen LogP contribution in [-0.2, 0) is 4.74 Å². The molecule has 2 rings (SSSR count). The summed E-state index contributed by atoms with van der Waals surface area (Å²) in [6.07, 6.45) is 1.44. The van der Waals surface area contributed by atoms with Gasteiger partial charge in [-0.25, -0.2) is 4.79 Å². The summed E-state index contributed by atoms with van der Waals surface area (Å²) in [4.78, 5) is 18.3. The van der Waals surface area contributed by atoms with Crippen LogP contribution in [0.2, 0.25) is 0 Å². The number of carbonyl (C=O) groups excluding carboxylic acids is 1. The van der Waals surface area contributed by atoms with Crippen molar-refractivity contribution in [3.05, 3.63) is 24.0 Å². The third-order valence-electron chi connectivity index (χ3n) is 3.18. The lowest BCUT2D eigenvalue weighted by Crippen LogP contribution is -2.49. The van der Waals surface area contributed by atoms with Gasteiger partial charge >= 0.3 is 6.09 Å². The number of hydrogen-bond donors (Lipinski definition) is 1. The quantitative estimate of drug-likeness (QED) is 0.903. The summed E-state index contributed by atoms with van der Waals surface area (Å²) in [7, 11) is 1.62. The summed E-state index contributed by atoms with van der Waals surface area (Å²) in [6.45, 7) is 7.44. The van der Waals surface area contributed by atoms with Gasteiger partial charge in [-0.05, 0) is 32.9 Å². The lowest BCUT2D eigenvalue weighted by molar-refractivity contribution is 0.0193. The van der Waals surface area contributed by atoms with Crippen LogP contribution in [0.3, 0.4) is 0 Å². The number of methoxy groups -OCH3 is 1. The van der Waals surface area contributed by atoms with E-state index in [1.807, 2.05) is 32.9 Å². The third-order valence-corrected chi connectivity index (χ3v) is 3.18. The number of aromatic nitrogens is 1. The zero-order valence-electron chi connectivity index (χ0n) is 13.0. The first kappa shape index (κ1) is 15.6. The average molecular weight is 293 g/mol. The number of pyridine rings is 1. The van der Waals surface area contributed by atoms with Crippen LogP contribution in [0.25, 0.3) is 0 Å². The van der Waals surface area contributed by atoms with Crippen molar-refractivity contribution in [1.29, 1.82) is 0 Å². The maximum atomic E-state index is 12.2. The van der Waals surface area contributed by atoms with Crippen molar-refractivity contribution in [2.75, 3.05) is 26.7 Å². The van der Waals surface area contributed by atoms with Gasteiger partial charge in [-0.15, -0.1) is 0 Å². The SMILES string of the molecule is COc1cccnc1C1CN(C(=O)OC(C)(C)C)CCN1. The summed E-state index contributed by atoms with van der Waals surface area (Å²) >= 11 is 0. The van der Waals surface area contributed by atoms with Crippen molar-refractivity contribution in [3.8, 4) is 5.75 Å². The van der Waals surface area contributed by atoms with Crippen molar-refractivity contribution in [2.24, 2.45) is 0 Å². The van der Waals surface area contributed by atoms with Gasteiger partial charge in [0.15, 0.2) is 0 Å². The molecule has 6 nitrogen and oxygen atoms in total. The van der Waals surface area contributed by atoms with Crippen molar-refractivity contribution >= 4 is 6.09 Å². The van der Waals surface area contributed by atoms with E-state index in [2.05, 4.69) is 10.3 Å². The maximum Gasteiger partial charge on any atom is 0.410 e. The number of ether oxygens (including phenoxy) is 2. The topological polar surface area (TPSA) is 63.7 Å². The van der Waals surface area contributed by atoms with E-state index in [4.69, 9.17) is 9.47 Å². The number of carbonyl (C=O) groups is 1. The van der Waals surface area contributed by atoms with Gasteiger partial charge < -0.3 is 19.7 Å². The molecule has 2 heterocycles. The van der Waals surface area contributed by atoms with Crippen LogP contribution in [0, 0.1) is 0 Å². The van der Waals surface area contributed by atoms with Crippen LogP contribution in [0.1, 0.15) is 32.5 Å². The predicted octanol–water partition coefficient (Wildman–Crippen LogP) is 1.97. The molecule has 0 spiro atoms. The Hall–Kier alpha value is -1.82. The third kappa shape index (κ3) is 4.07. The molecule has 1 aromatic heterocycles. The van der Waals surface area contributed by atoms with Crippen LogP contribution >= 0.6 is 0 Å². The molecule has 1 N–H and O–H groups in total. The molecule has 21 heavy (non-hydrogen) atoms. The standard InChI is InChI=1S/C15H23N3O3/c1-15(2,3)21-14(19)18-9-8-16-11(10-18)13-12(20-4)6-5-7-17-13/h5-7,11,16H,8-10H2,1-4H3. The highest BCUT2D eigenvalue weighted by Crippen LogP contribution is 2.25. The molecule has 1 aromatic rings. The minimum Gasteiger partial charge on any atom is -0.495 e. The maximum absolute atomic E-state index is 12.2. The summed E-state index contributed by atoms with van der Waals surface area (Å²) in [5.74, 6) is 0.723.